The van der Waals surface area contributed by atoms with Gasteiger partial charge in [0.25, 0.3) is 5.91 Å². The summed E-state index contributed by atoms with van der Waals surface area (Å²) in [5.74, 6) is 0.831. The zero-order valence-electron chi connectivity index (χ0n) is 17.3. The number of piperidine rings is 1. The van der Waals surface area contributed by atoms with Crippen LogP contribution in [0.15, 0.2) is 18.2 Å². The molecule has 1 N–H and O–H groups in total. The zero-order valence-corrected chi connectivity index (χ0v) is 17.3. The summed E-state index contributed by atoms with van der Waals surface area (Å²) < 4.78 is 11.6. The van der Waals surface area contributed by atoms with Crippen molar-refractivity contribution in [3.05, 3.63) is 23.8 Å². The van der Waals surface area contributed by atoms with Gasteiger partial charge in [-0.15, -0.1) is 0 Å². The third-order valence-electron chi connectivity index (χ3n) is 5.57. The van der Waals surface area contributed by atoms with Gasteiger partial charge < -0.3 is 24.6 Å². The van der Waals surface area contributed by atoms with Crippen LogP contribution in [0.3, 0.4) is 0 Å². The van der Waals surface area contributed by atoms with Gasteiger partial charge in [-0.1, -0.05) is 6.92 Å². The Bertz CT molecular complexity index is 774. The van der Waals surface area contributed by atoms with E-state index in [1.807, 2.05) is 11.8 Å². The molecule has 0 saturated carbocycles. The van der Waals surface area contributed by atoms with Gasteiger partial charge >= 0.3 is 0 Å². The van der Waals surface area contributed by atoms with Gasteiger partial charge in [-0.3, -0.25) is 14.4 Å². The first-order valence-corrected chi connectivity index (χ1v) is 10.1. The van der Waals surface area contributed by atoms with Crippen molar-refractivity contribution in [1.29, 1.82) is 0 Å². The van der Waals surface area contributed by atoms with E-state index in [9.17, 15) is 14.4 Å². The number of rotatable bonds is 5. The van der Waals surface area contributed by atoms with Gasteiger partial charge in [0.05, 0.1) is 7.11 Å². The van der Waals surface area contributed by atoms with Gasteiger partial charge in [-0.25, -0.2) is 0 Å². The Balaban J connectivity index is 1.75. The second-order valence-electron chi connectivity index (χ2n) is 7.40. The van der Waals surface area contributed by atoms with Crippen LogP contribution >= 0.6 is 0 Å². The van der Waals surface area contributed by atoms with Gasteiger partial charge in [0.2, 0.25) is 11.8 Å². The molecule has 0 radical (unpaired) electrons. The Morgan fingerprint density at radius 1 is 1.17 bits per heavy atom. The van der Waals surface area contributed by atoms with Crippen molar-refractivity contribution in [1.82, 2.24) is 15.1 Å². The van der Waals surface area contributed by atoms with E-state index >= 15 is 0 Å². The molecular weight excluding hydrogens is 374 g/mol. The number of methoxy groups -OCH3 is 1. The van der Waals surface area contributed by atoms with Crippen LogP contribution in [0.4, 0.5) is 0 Å². The maximum Gasteiger partial charge on any atom is 0.254 e. The predicted molar refractivity (Wildman–Crippen MR) is 107 cm³/mol. The predicted octanol–water partition coefficient (Wildman–Crippen LogP) is 1.44. The second kappa shape index (κ2) is 9.15. The van der Waals surface area contributed by atoms with Gasteiger partial charge in [-0.05, 0) is 24.6 Å². The Morgan fingerprint density at radius 3 is 2.52 bits per heavy atom. The maximum absolute atomic E-state index is 13.1. The highest BCUT2D eigenvalue weighted by molar-refractivity contribution is 5.98. The fourth-order valence-electron chi connectivity index (χ4n) is 3.90. The Hall–Kier alpha value is -2.77. The second-order valence-corrected chi connectivity index (χ2v) is 7.40. The smallest absolute Gasteiger partial charge is 0.254 e. The van der Waals surface area contributed by atoms with Crippen LogP contribution in [-0.2, 0) is 9.59 Å². The van der Waals surface area contributed by atoms with Crippen molar-refractivity contribution in [3.63, 3.8) is 0 Å². The van der Waals surface area contributed by atoms with Crippen LogP contribution in [0.25, 0.3) is 0 Å². The molecule has 0 aromatic heterocycles. The number of nitrogens with one attached hydrogen (secondary N) is 1. The third-order valence-corrected chi connectivity index (χ3v) is 5.57. The first kappa shape index (κ1) is 21.0. The Morgan fingerprint density at radius 2 is 1.90 bits per heavy atom. The summed E-state index contributed by atoms with van der Waals surface area (Å²) >= 11 is 0. The summed E-state index contributed by atoms with van der Waals surface area (Å²) in [7, 11) is 1.56. The summed E-state index contributed by atoms with van der Waals surface area (Å²) in [6.45, 7) is 5.71. The number of benzene rings is 1. The lowest BCUT2D eigenvalue weighted by molar-refractivity contribution is -0.130. The van der Waals surface area contributed by atoms with E-state index < -0.39 is 6.04 Å². The molecule has 3 rings (SSSR count). The Kier molecular flexibility index (Phi) is 6.61. The lowest BCUT2D eigenvalue weighted by atomic mass is 10.1. The van der Waals surface area contributed by atoms with Crippen molar-refractivity contribution in [3.8, 4) is 11.5 Å². The van der Waals surface area contributed by atoms with E-state index in [-0.39, 0.29) is 23.8 Å². The molecule has 1 aromatic carbocycles. The topological polar surface area (TPSA) is 88.2 Å². The zero-order chi connectivity index (χ0) is 21.0. The molecule has 0 bridgehead atoms. The van der Waals surface area contributed by atoms with E-state index in [2.05, 4.69) is 5.32 Å². The molecular formula is C21H29N3O5. The van der Waals surface area contributed by atoms with Crippen molar-refractivity contribution in [2.75, 3.05) is 33.3 Å². The summed E-state index contributed by atoms with van der Waals surface area (Å²) in [6, 6.07) is 4.65. The molecule has 3 amide bonds. The molecule has 2 heterocycles. The monoisotopic (exact) mass is 403 g/mol. The van der Waals surface area contributed by atoms with Crippen molar-refractivity contribution in [2.24, 2.45) is 0 Å². The summed E-state index contributed by atoms with van der Waals surface area (Å²) in [5.41, 5.74) is 0.468. The number of hydrogen-bond donors (Lipinski definition) is 1. The minimum absolute atomic E-state index is 0.0472. The maximum atomic E-state index is 13.1. The van der Waals surface area contributed by atoms with Crippen molar-refractivity contribution in [2.45, 2.75) is 45.3 Å². The van der Waals surface area contributed by atoms with Gasteiger partial charge in [-0.2, -0.15) is 0 Å². The minimum Gasteiger partial charge on any atom is -0.493 e. The highest BCUT2D eigenvalue weighted by Crippen LogP contribution is 2.31. The Labute approximate surface area is 171 Å². The average Bonchev–Trinajstić information content (AvgIpc) is 2.73. The SMILES string of the molecule is CCC1C(=O)NCCN1C(=O)c1ccc(OC)c(OC2CCN(C(C)=O)CC2)c1. The molecule has 8 nitrogen and oxygen atoms in total. The van der Waals surface area contributed by atoms with E-state index in [4.69, 9.17) is 9.47 Å². The molecule has 158 valence electrons. The van der Waals surface area contributed by atoms with E-state index in [0.29, 0.717) is 49.7 Å². The van der Waals surface area contributed by atoms with E-state index in [1.165, 1.54) is 0 Å². The number of carbonyl (C=O) groups is 3. The molecule has 0 aliphatic carbocycles. The van der Waals surface area contributed by atoms with Gasteiger partial charge in [0.15, 0.2) is 11.5 Å². The number of amides is 3. The number of carbonyl (C=O) groups excluding carboxylic acids is 3. The summed E-state index contributed by atoms with van der Waals surface area (Å²) in [4.78, 5) is 40.1. The third kappa shape index (κ3) is 4.63. The van der Waals surface area contributed by atoms with Gasteiger partial charge in [0.1, 0.15) is 12.1 Å². The van der Waals surface area contributed by atoms with Crippen LogP contribution in [0.2, 0.25) is 0 Å². The van der Waals surface area contributed by atoms with Crippen molar-refractivity contribution >= 4 is 17.7 Å². The molecule has 29 heavy (non-hydrogen) atoms. The largest absolute Gasteiger partial charge is 0.493 e. The van der Waals surface area contributed by atoms with Crippen LogP contribution in [0, 0.1) is 0 Å². The quantitative estimate of drug-likeness (QED) is 0.804. The van der Waals surface area contributed by atoms with E-state index in [1.54, 1.807) is 37.1 Å². The summed E-state index contributed by atoms with van der Waals surface area (Å²) in [5, 5.41) is 2.81. The molecule has 2 aliphatic heterocycles. The number of hydrogen-bond acceptors (Lipinski definition) is 5. The number of likely N-dealkylation sites (tertiary alicyclic amines) is 1. The highest BCUT2D eigenvalue weighted by atomic mass is 16.5. The standard InChI is InChI=1S/C21H29N3O5/c1-4-17-20(26)22-9-12-24(17)21(27)15-5-6-18(28-3)19(13-15)29-16-7-10-23(11-8-16)14(2)25/h5-6,13,16-17H,4,7-12H2,1-3H3,(H,22,26). The lowest BCUT2D eigenvalue weighted by Crippen LogP contribution is -2.56. The minimum atomic E-state index is -0.460. The fraction of sp³-hybridized carbons (Fsp3) is 0.571. The fourth-order valence-corrected chi connectivity index (χ4v) is 3.90. The molecule has 2 fully saturated rings. The number of nitrogens with zero attached hydrogens (tertiary/aromatic N) is 2. The lowest BCUT2D eigenvalue weighted by Gasteiger charge is -2.35. The average molecular weight is 403 g/mol. The van der Waals surface area contributed by atoms with Crippen LogP contribution in [-0.4, -0.2) is 73.0 Å². The van der Waals surface area contributed by atoms with Crippen LogP contribution in [0.5, 0.6) is 11.5 Å². The number of piperazine rings is 1. The van der Waals surface area contributed by atoms with Gasteiger partial charge in [0, 0.05) is 51.5 Å². The first-order chi connectivity index (χ1) is 13.9. The van der Waals surface area contributed by atoms with Crippen LogP contribution < -0.4 is 14.8 Å². The molecule has 1 aromatic rings. The van der Waals surface area contributed by atoms with E-state index in [0.717, 1.165) is 12.8 Å². The molecule has 1 atom stereocenters. The number of ether oxygens (including phenoxy) is 2. The molecule has 0 spiro atoms. The molecule has 2 saturated heterocycles. The molecule has 2 aliphatic rings. The molecule has 1 unspecified atom stereocenters. The molecule has 8 heteroatoms. The van der Waals surface area contributed by atoms with Crippen LogP contribution in [0.1, 0.15) is 43.5 Å². The normalized spacial score (nSPS) is 20.2. The van der Waals surface area contributed by atoms with Crippen molar-refractivity contribution < 1.29 is 23.9 Å². The summed E-state index contributed by atoms with van der Waals surface area (Å²) in [6.07, 6.45) is 1.97. The highest BCUT2D eigenvalue weighted by Gasteiger charge is 2.32. The first-order valence-electron chi connectivity index (χ1n) is 10.1.